The number of alkyl halides is 3. The van der Waals surface area contributed by atoms with Crippen LogP contribution in [-0.4, -0.2) is 61.0 Å². The Labute approximate surface area is 250 Å². The molecule has 0 bridgehead atoms. The van der Waals surface area contributed by atoms with Crippen molar-refractivity contribution in [2.24, 2.45) is 5.73 Å². The van der Waals surface area contributed by atoms with Crippen LogP contribution in [0.15, 0.2) is 42.6 Å². The monoisotopic (exact) mass is 636 g/mol. The van der Waals surface area contributed by atoms with Gasteiger partial charge < -0.3 is 30.6 Å². The van der Waals surface area contributed by atoms with Gasteiger partial charge in [-0.05, 0) is 29.7 Å². The Kier molecular flexibility index (Phi) is 8.60. The average molecular weight is 637 g/mol. The van der Waals surface area contributed by atoms with Crippen LogP contribution in [0.2, 0.25) is 0 Å². The highest BCUT2D eigenvalue weighted by Crippen LogP contribution is 2.33. The fourth-order valence-corrected chi connectivity index (χ4v) is 5.35. The highest BCUT2D eigenvalue weighted by atomic mass is 19.4. The number of nitrogens with two attached hydrogens (primary N) is 1. The van der Waals surface area contributed by atoms with Crippen LogP contribution in [0.5, 0.6) is 0 Å². The molecule has 4 aromatic rings. The number of H-pyrrole nitrogens is 1. The lowest BCUT2D eigenvalue weighted by Gasteiger charge is -2.29. The number of amides is 2. The highest BCUT2D eigenvalue weighted by molar-refractivity contribution is 5.97. The number of hydrogen-bond donors (Lipinski definition) is 4. The van der Waals surface area contributed by atoms with E-state index in [0.29, 0.717) is 28.6 Å². The summed E-state index contributed by atoms with van der Waals surface area (Å²) in [5.41, 5.74) is 4.50. The summed E-state index contributed by atoms with van der Waals surface area (Å²) in [5.74, 6) is -7.38. The summed E-state index contributed by atoms with van der Waals surface area (Å²) in [6.45, 7) is -0.858. The van der Waals surface area contributed by atoms with Gasteiger partial charge in [-0.15, -0.1) is 0 Å². The number of para-hydroxylation sites is 1. The zero-order valence-electron chi connectivity index (χ0n) is 23.3. The molecule has 0 fully saturated rings. The minimum absolute atomic E-state index is 0.149. The molecule has 1 aliphatic heterocycles. The lowest BCUT2D eigenvalue weighted by Crippen LogP contribution is -2.45. The molecule has 1 aliphatic rings. The standard InChI is InChI=1S/C29H26F6N6O4/c30-18-11-20(32)19(31)8-14(18)7-16(36)10-24(42)40-5-6-41-23(13-40)39-26(29(33,34)35)25(41)27(43)38-22(28(44)45)9-15-12-37-21-4-2-1-3-17(15)21/h1-4,8,11-12,16,22,37H,5-7,9-10,13,36H2,(H,38,43)(H,44,45)/t16-,22?/m0/s1. The van der Waals surface area contributed by atoms with Crippen molar-refractivity contribution in [3.8, 4) is 0 Å². The summed E-state index contributed by atoms with van der Waals surface area (Å²) in [7, 11) is 0. The molecule has 0 spiro atoms. The zero-order valence-corrected chi connectivity index (χ0v) is 23.3. The number of carboxylic acid groups (broad SMARTS) is 1. The fraction of sp³-hybridized carbons (Fsp3) is 0.310. The second-order valence-electron chi connectivity index (χ2n) is 10.6. The maximum atomic E-state index is 14.0. The van der Waals surface area contributed by atoms with Crippen LogP contribution in [0.4, 0.5) is 26.3 Å². The molecule has 10 nitrogen and oxygen atoms in total. The molecule has 5 rings (SSSR count). The normalized spacial score (nSPS) is 14.7. The van der Waals surface area contributed by atoms with Crippen molar-refractivity contribution < 1.29 is 45.8 Å². The van der Waals surface area contributed by atoms with Crippen molar-refractivity contribution in [1.29, 1.82) is 0 Å². The number of imidazole rings is 1. The van der Waals surface area contributed by atoms with E-state index >= 15 is 0 Å². The van der Waals surface area contributed by atoms with Crippen molar-refractivity contribution in [2.45, 2.75) is 50.6 Å². The van der Waals surface area contributed by atoms with Gasteiger partial charge in [0.15, 0.2) is 17.3 Å². The topological polar surface area (TPSA) is 146 Å². The number of carboxylic acids is 1. The van der Waals surface area contributed by atoms with Crippen LogP contribution in [0.1, 0.15) is 39.6 Å². The number of nitrogens with zero attached hydrogens (tertiary/aromatic N) is 3. The Morgan fingerprint density at radius 3 is 2.44 bits per heavy atom. The van der Waals surface area contributed by atoms with E-state index in [1.165, 1.54) is 0 Å². The van der Waals surface area contributed by atoms with E-state index in [0.717, 1.165) is 9.47 Å². The van der Waals surface area contributed by atoms with Crippen LogP contribution in [0.3, 0.4) is 0 Å². The van der Waals surface area contributed by atoms with Crippen LogP contribution in [-0.2, 0) is 41.7 Å². The fourth-order valence-electron chi connectivity index (χ4n) is 5.35. The Balaban J connectivity index is 1.32. The van der Waals surface area contributed by atoms with Gasteiger partial charge in [0.25, 0.3) is 5.91 Å². The number of benzene rings is 2. The van der Waals surface area contributed by atoms with Crippen LogP contribution in [0, 0.1) is 17.5 Å². The number of carbonyl (C=O) groups is 3. The van der Waals surface area contributed by atoms with E-state index in [1.807, 2.05) is 0 Å². The largest absolute Gasteiger partial charge is 0.480 e. The smallest absolute Gasteiger partial charge is 0.435 e. The number of carbonyl (C=O) groups excluding carboxylic acids is 2. The van der Waals surface area contributed by atoms with Gasteiger partial charge >= 0.3 is 12.1 Å². The molecule has 2 atom stereocenters. The van der Waals surface area contributed by atoms with Crippen LogP contribution in [0.25, 0.3) is 10.9 Å². The SMILES string of the molecule is N[C@H](CC(=O)N1CCn2c(nc(C(F)(F)F)c2C(=O)NC(Cc2c[nH]c3ccccc23)C(=O)O)C1)Cc1cc(F)c(F)cc1F. The predicted octanol–water partition coefficient (Wildman–Crippen LogP) is 3.53. The van der Waals surface area contributed by atoms with Crippen molar-refractivity contribution in [3.63, 3.8) is 0 Å². The first kappa shape index (κ1) is 31.6. The Morgan fingerprint density at radius 1 is 1.02 bits per heavy atom. The summed E-state index contributed by atoms with van der Waals surface area (Å²) < 4.78 is 83.8. The lowest BCUT2D eigenvalue weighted by atomic mass is 10.0. The summed E-state index contributed by atoms with van der Waals surface area (Å²) >= 11 is 0. The second-order valence-corrected chi connectivity index (χ2v) is 10.6. The molecule has 0 aliphatic carbocycles. The Bertz CT molecular complexity index is 1780. The molecule has 3 heterocycles. The summed E-state index contributed by atoms with van der Waals surface area (Å²) in [6, 6.07) is 5.37. The third-order valence-electron chi connectivity index (χ3n) is 7.52. The predicted molar refractivity (Wildman–Crippen MR) is 146 cm³/mol. The van der Waals surface area contributed by atoms with E-state index in [1.54, 1.807) is 30.5 Å². The number of aromatic amines is 1. The molecule has 45 heavy (non-hydrogen) atoms. The first-order valence-corrected chi connectivity index (χ1v) is 13.6. The third-order valence-corrected chi connectivity index (χ3v) is 7.52. The molecule has 2 aromatic carbocycles. The number of nitrogens with one attached hydrogen (secondary N) is 2. The van der Waals surface area contributed by atoms with Gasteiger partial charge in [-0.2, -0.15) is 13.2 Å². The number of fused-ring (bicyclic) bond motifs is 2. The van der Waals surface area contributed by atoms with Crippen molar-refractivity contribution in [1.82, 2.24) is 24.8 Å². The van der Waals surface area contributed by atoms with Gasteiger partial charge in [-0.1, -0.05) is 18.2 Å². The van der Waals surface area contributed by atoms with E-state index in [9.17, 15) is 45.8 Å². The zero-order chi connectivity index (χ0) is 32.6. The van der Waals surface area contributed by atoms with Crippen molar-refractivity contribution >= 4 is 28.7 Å². The third kappa shape index (κ3) is 6.64. The van der Waals surface area contributed by atoms with E-state index in [4.69, 9.17) is 5.73 Å². The van der Waals surface area contributed by atoms with Crippen LogP contribution >= 0.6 is 0 Å². The molecule has 2 amide bonds. The van der Waals surface area contributed by atoms with E-state index in [-0.39, 0.29) is 37.3 Å². The van der Waals surface area contributed by atoms with E-state index in [2.05, 4.69) is 15.3 Å². The van der Waals surface area contributed by atoms with Crippen molar-refractivity contribution in [3.05, 3.63) is 88.4 Å². The van der Waals surface area contributed by atoms with Gasteiger partial charge in [0.05, 0.1) is 6.54 Å². The molecule has 2 aromatic heterocycles. The van der Waals surface area contributed by atoms with Gasteiger partial charge in [0, 0.05) is 55.1 Å². The molecule has 0 saturated heterocycles. The Hall–Kier alpha value is -4.86. The van der Waals surface area contributed by atoms with Gasteiger partial charge in [0.1, 0.15) is 23.4 Å². The number of aromatic nitrogens is 3. The highest BCUT2D eigenvalue weighted by Gasteiger charge is 2.43. The second kappa shape index (κ2) is 12.3. The van der Waals surface area contributed by atoms with Gasteiger partial charge in [-0.25, -0.2) is 22.9 Å². The number of hydrogen-bond acceptors (Lipinski definition) is 5. The quantitative estimate of drug-likeness (QED) is 0.163. The number of halogens is 6. The molecule has 0 radical (unpaired) electrons. The molecule has 5 N–H and O–H groups in total. The van der Waals surface area contributed by atoms with Gasteiger partial charge in [-0.3, -0.25) is 9.59 Å². The van der Waals surface area contributed by atoms with Crippen molar-refractivity contribution in [2.75, 3.05) is 6.54 Å². The molecule has 1 unspecified atom stereocenters. The summed E-state index contributed by atoms with van der Waals surface area (Å²) in [5, 5.41) is 12.7. The summed E-state index contributed by atoms with van der Waals surface area (Å²) in [4.78, 5) is 45.9. The molecule has 238 valence electrons. The minimum atomic E-state index is -5.09. The Morgan fingerprint density at radius 2 is 1.73 bits per heavy atom. The molecular formula is C29H26F6N6O4. The average Bonchev–Trinajstić information content (AvgIpc) is 3.57. The van der Waals surface area contributed by atoms with E-state index < -0.39 is 77.8 Å². The molecule has 0 saturated carbocycles. The first-order chi connectivity index (χ1) is 21.2. The first-order valence-electron chi connectivity index (χ1n) is 13.6. The molecule has 16 heteroatoms. The summed E-state index contributed by atoms with van der Waals surface area (Å²) in [6.07, 6.45) is -4.46. The van der Waals surface area contributed by atoms with Gasteiger partial charge in [0.2, 0.25) is 5.91 Å². The maximum Gasteiger partial charge on any atom is 0.435 e. The van der Waals surface area contributed by atoms with Crippen LogP contribution < -0.4 is 11.1 Å². The number of rotatable bonds is 9. The molecular weight excluding hydrogens is 610 g/mol. The maximum absolute atomic E-state index is 14.0. The lowest BCUT2D eigenvalue weighted by molar-refractivity contribution is -0.141. The minimum Gasteiger partial charge on any atom is -0.480 e. The number of aliphatic carboxylic acids is 1.